The molecule has 28 heavy (non-hydrogen) atoms. The van der Waals surface area contributed by atoms with Gasteiger partial charge in [0.05, 0.1) is 10.9 Å². The Hall–Kier alpha value is -1.64. The molecule has 0 radical (unpaired) electrons. The average Bonchev–Trinajstić information content (AvgIpc) is 2.93. The first kappa shape index (κ1) is 21.1. The lowest BCUT2D eigenvalue weighted by Gasteiger charge is -2.31. The van der Waals surface area contributed by atoms with Gasteiger partial charge in [0, 0.05) is 49.6 Å². The van der Waals surface area contributed by atoms with Crippen LogP contribution in [0.3, 0.4) is 0 Å². The van der Waals surface area contributed by atoms with Crippen LogP contribution in [0.2, 0.25) is 0 Å². The Labute approximate surface area is 175 Å². The number of halogens is 1. The number of nitrogens with zero attached hydrogens (tertiary/aromatic N) is 3. The summed E-state index contributed by atoms with van der Waals surface area (Å²) in [5.74, 6) is -0.129. The second-order valence-electron chi connectivity index (χ2n) is 7.34. The number of likely N-dealkylation sites (tertiary alicyclic amines) is 1. The minimum Gasteiger partial charge on any atom is -0.353 e. The van der Waals surface area contributed by atoms with Crippen molar-refractivity contribution in [1.29, 1.82) is 0 Å². The number of carbonyl (C=O) groups is 1. The highest BCUT2D eigenvalue weighted by Crippen LogP contribution is 2.33. The topological polar surface area (TPSA) is 62.6 Å². The van der Waals surface area contributed by atoms with Gasteiger partial charge < -0.3 is 9.47 Å². The number of carbonyl (C=O) groups excluding carboxylic acids is 1. The van der Waals surface area contributed by atoms with Gasteiger partial charge in [-0.05, 0) is 59.1 Å². The van der Waals surface area contributed by atoms with Gasteiger partial charge in [-0.25, -0.2) is 12.7 Å². The van der Waals surface area contributed by atoms with Crippen LogP contribution in [0.25, 0.3) is 0 Å². The molecule has 0 N–H and O–H groups in total. The van der Waals surface area contributed by atoms with E-state index in [2.05, 4.69) is 26.6 Å². The van der Waals surface area contributed by atoms with Crippen molar-refractivity contribution in [3.8, 4) is 0 Å². The summed E-state index contributed by atoms with van der Waals surface area (Å²) < 4.78 is 28.9. The van der Waals surface area contributed by atoms with Crippen molar-refractivity contribution in [2.24, 2.45) is 7.05 Å². The number of aromatic nitrogens is 1. The summed E-state index contributed by atoms with van der Waals surface area (Å²) in [7, 11) is 1.30. The SMILES string of the molecule is CN(C)S(=O)(=O)c1cc(C(=O)N2CCCCCC2c2cccn2C)ccc1Br. The van der Waals surface area contributed by atoms with Crippen molar-refractivity contribution in [2.75, 3.05) is 20.6 Å². The second kappa shape index (κ2) is 8.39. The first-order valence-electron chi connectivity index (χ1n) is 9.37. The van der Waals surface area contributed by atoms with Gasteiger partial charge >= 0.3 is 0 Å². The van der Waals surface area contributed by atoms with Crippen molar-refractivity contribution < 1.29 is 13.2 Å². The molecule has 8 heteroatoms. The van der Waals surface area contributed by atoms with Crippen LogP contribution < -0.4 is 0 Å². The number of amides is 1. The standard InChI is InChI=1S/C20H26BrN3O3S/c1-22(2)28(26,27)19-14-15(10-11-16(19)21)20(25)24-13-6-4-5-8-18(24)17-9-7-12-23(17)3/h7,9-12,14,18H,4-6,8,13H2,1-3H3. The average molecular weight is 468 g/mol. The van der Waals surface area contributed by atoms with E-state index in [0.29, 0.717) is 16.6 Å². The number of hydrogen-bond donors (Lipinski definition) is 0. The van der Waals surface area contributed by atoms with Crippen LogP contribution in [-0.4, -0.2) is 48.7 Å². The monoisotopic (exact) mass is 467 g/mol. The quantitative estimate of drug-likeness (QED) is 0.686. The van der Waals surface area contributed by atoms with E-state index in [9.17, 15) is 13.2 Å². The third-order valence-electron chi connectivity index (χ3n) is 5.28. The third-order valence-corrected chi connectivity index (χ3v) is 8.08. The summed E-state index contributed by atoms with van der Waals surface area (Å²) in [5.41, 5.74) is 1.50. The first-order chi connectivity index (χ1) is 13.2. The summed E-state index contributed by atoms with van der Waals surface area (Å²) in [4.78, 5) is 15.4. The molecule has 1 saturated heterocycles. The van der Waals surface area contributed by atoms with Crippen molar-refractivity contribution in [1.82, 2.24) is 13.8 Å². The molecule has 152 valence electrons. The summed E-state index contributed by atoms with van der Waals surface area (Å²) in [5, 5.41) is 0. The number of rotatable bonds is 4. The molecule has 1 aliphatic rings. The fourth-order valence-electron chi connectivity index (χ4n) is 3.68. The summed E-state index contributed by atoms with van der Waals surface area (Å²) in [6.45, 7) is 0.667. The van der Waals surface area contributed by atoms with Gasteiger partial charge in [-0.15, -0.1) is 0 Å². The van der Waals surface area contributed by atoms with E-state index in [4.69, 9.17) is 0 Å². The number of sulfonamides is 1. The minimum absolute atomic E-state index is 0.00690. The van der Waals surface area contributed by atoms with E-state index >= 15 is 0 Å². The van der Waals surface area contributed by atoms with Crippen molar-refractivity contribution in [3.05, 3.63) is 52.3 Å². The van der Waals surface area contributed by atoms with Crippen molar-refractivity contribution >= 4 is 31.9 Å². The third kappa shape index (κ3) is 4.04. The Morgan fingerprint density at radius 3 is 2.57 bits per heavy atom. The number of hydrogen-bond acceptors (Lipinski definition) is 3. The zero-order chi connectivity index (χ0) is 20.5. The van der Waals surface area contributed by atoms with Gasteiger partial charge in [0.15, 0.2) is 0 Å². The molecule has 1 unspecified atom stereocenters. The molecule has 0 spiro atoms. The van der Waals surface area contributed by atoms with Gasteiger partial charge in [-0.2, -0.15) is 0 Å². The first-order valence-corrected chi connectivity index (χ1v) is 11.6. The highest BCUT2D eigenvalue weighted by Gasteiger charge is 2.30. The lowest BCUT2D eigenvalue weighted by molar-refractivity contribution is 0.0674. The fraction of sp³-hybridized carbons (Fsp3) is 0.450. The van der Waals surface area contributed by atoms with E-state index in [1.807, 2.05) is 24.2 Å². The Morgan fingerprint density at radius 1 is 1.18 bits per heavy atom. The van der Waals surface area contributed by atoms with Gasteiger partial charge in [-0.1, -0.05) is 12.8 Å². The Morgan fingerprint density at radius 2 is 1.93 bits per heavy atom. The largest absolute Gasteiger partial charge is 0.353 e. The molecule has 1 fully saturated rings. The van der Waals surface area contributed by atoms with Crippen molar-refractivity contribution in [3.63, 3.8) is 0 Å². The zero-order valence-corrected chi connectivity index (χ0v) is 18.8. The molecule has 0 saturated carbocycles. The van der Waals surface area contributed by atoms with Crippen molar-refractivity contribution in [2.45, 2.75) is 36.6 Å². The van der Waals surface area contributed by atoms with Crippen LogP contribution in [0.4, 0.5) is 0 Å². The molecular weight excluding hydrogens is 442 g/mol. The fourth-order valence-corrected chi connectivity index (χ4v) is 5.52. The lowest BCUT2D eigenvalue weighted by atomic mass is 10.1. The molecule has 1 aliphatic heterocycles. The van der Waals surface area contributed by atoms with Gasteiger partial charge in [0.1, 0.15) is 0 Å². The van der Waals surface area contributed by atoms with Crippen LogP contribution >= 0.6 is 15.9 Å². The van der Waals surface area contributed by atoms with Gasteiger partial charge in [0.25, 0.3) is 5.91 Å². The minimum atomic E-state index is -3.65. The molecule has 2 heterocycles. The highest BCUT2D eigenvalue weighted by atomic mass is 79.9. The van der Waals surface area contributed by atoms with E-state index in [1.54, 1.807) is 12.1 Å². The highest BCUT2D eigenvalue weighted by molar-refractivity contribution is 9.10. The van der Waals surface area contributed by atoms with Crippen LogP contribution in [0, 0.1) is 0 Å². The predicted molar refractivity (Wildman–Crippen MR) is 113 cm³/mol. The summed E-state index contributed by atoms with van der Waals surface area (Å²) in [6, 6.07) is 8.85. The molecule has 1 aromatic carbocycles. The van der Waals surface area contributed by atoms with Gasteiger partial charge in [0.2, 0.25) is 10.0 Å². The molecule has 2 aromatic rings. The molecule has 3 rings (SSSR count). The maximum absolute atomic E-state index is 13.4. The van der Waals surface area contributed by atoms with Crippen LogP contribution in [0.5, 0.6) is 0 Å². The zero-order valence-electron chi connectivity index (χ0n) is 16.4. The number of aryl methyl sites for hydroxylation is 1. The lowest BCUT2D eigenvalue weighted by Crippen LogP contribution is -2.35. The molecule has 1 atom stereocenters. The summed E-state index contributed by atoms with van der Waals surface area (Å²) >= 11 is 3.31. The van der Waals surface area contributed by atoms with E-state index < -0.39 is 10.0 Å². The van der Waals surface area contributed by atoms with E-state index in [1.165, 1.54) is 20.2 Å². The van der Waals surface area contributed by atoms with Crippen LogP contribution in [0.15, 0.2) is 45.9 Å². The maximum Gasteiger partial charge on any atom is 0.254 e. The Balaban J connectivity index is 2.01. The Kier molecular flexibility index (Phi) is 6.31. The van der Waals surface area contributed by atoms with E-state index in [0.717, 1.165) is 35.7 Å². The second-order valence-corrected chi connectivity index (χ2v) is 10.3. The van der Waals surface area contributed by atoms with E-state index in [-0.39, 0.29) is 16.8 Å². The molecule has 0 aliphatic carbocycles. The molecule has 1 aromatic heterocycles. The smallest absolute Gasteiger partial charge is 0.254 e. The predicted octanol–water partition coefficient (Wildman–Crippen LogP) is 3.80. The summed E-state index contributed by atoms with van der Waals surface area (Å²) in [6.07, 6.45) is 6.00. The maximum atomic E-state index is 13.4. The molecular formula is C20H26BrN3O3S. The van der Waals surface area contributed by atoms with Crippen LogP contribution in [-0.2, 0) is 17.1 Å². The normalized spacial score (nSPS) is 18.3. The van der Waals surface area contributed by atoms with Gasteiger partial charge in [-0.3, -0.25) is 4.79 Å². The molecule has 1 amide bonds. The van der Waals surface area contributed by atoms with Crippen LogP contribution in [0.1, 0.15) is 47.8 Å². The Bertz CT molecular complexity index is 969. The molecule has 6 nitrogen and oxygen atoms in total. The molecule has 0 bridgehead atoms. The number of benzene rings is 1.